The van der Waals surface area contributed by atoms with Gasteiger partial charge in [-0.25, -0.2) is 0 Å². The molecule has 0 atom stereocenters. The van der Waals surface area contributed by atoms with Gasteiger partial charge in [-0.1, -0.05) is 23.4 Å². The first kappa shape index (κ1) is 17.0. The molecule has 124 valence electrons. The fourth-order valence-corrected chi connectivity index (χ4v) is 2.31. The van der Waals surface area contributed by atoms with Crippen LogP contribution in [-0.2, 0) is 17.9 Å². The second-order valence-corrected chi connectivity index (χ2v) is 5.24. The van der Waals surface area contributed by atoms with Gasteiger partial charge in [0.15, 0.2) is 0 Å². The lowest BCUT2D eigenvalue weighted by Crippen LogP contribution is -2.30. The normalized spacial score (nSPS) is 10.5. The number of carbonyl (C=O) groups excluding carboxylic acids is 1. The lowest BCUT2D eigenvalue weighted by Gasteiger charge is -2.18. The molecule has 0 radical (unpaired) electrons. The Bertz CT molecular complexity index is 594. The van der Waals surface area contributed by atoms with Gasteiger partial charge >= 0.3 is 0 Å². The van der Waals surface area contributed by atoms with Crippen molar-refractivity contribution in [3.8, 4) is 5.75 Å². The van der Waals surface area contributed by atoms with Crippen LogP contribution in [-0.4, -0.2) is 38.9 Å². The van der Waals surface area contributed by atoms with Crippen LogP contribution in [0, 0.1) is 0 Å². The standard InChI is InChI=1S/C17H24N4O2/c1-3-20(4-2)17(22)11-8-12-21-13-15(18-19-21)14-23-16-9-6-5-7-10-16/h5-7,9-10,13H,3-4,8,11-12,14H2,1-2H3. The number of aromatic nitrogens is 3. The molecule has 0 unspecified atom stereocenters. The zero-order valence-corrected chi connectivity index (χ0v) is 13.8. The van der Waals surface area contributed by atoms with Crippen LogP contribution < -0.4 is 4.74 Å². The zero-order valence-electron chi connectivity index (χ0n) is 13.8. The van der Waals surface area contributed by atoms with Gasteiger partial charge in [-0.05, 0) is 32.4 Å². The molecule has 2 rings (SSSR count). The molecule has 0 aliphatic heterocycles. The molecule has 6 heteroatoms. The summed E-state index contributed by atoms with van der Waals surface area (Å²) < 4.78 is 7.40. The van der Waals surface area contributed by atoms with E-state index in [0.29, 0.717) is 19.6 Å². The largest absolute Gasteiger partial charge is 0.487 e. The van der Waals surface area contributed by atoms with Crippen LogP contribution >= 0.6 is 0 Å². The number of para-hydroxylation sites is 1. The maximum Gasteiger partial charge on any atom is 0.222 e. The highest BCUT2D eigenvalue weighted by molar-refractivity contribution is 5.75. The van der Waals surface area contributed by atoms with E-state index in [4.69, 9.17) is 4.74 Å². The first-order chi connectivity index (χ1) is 11.2. The van der Waals surface area contributed by atoms with Gasteiger partial charge in [-0.3, -0.25) is 9.48 Å². The average Bonchev–Trinajstić information content (AvgIpc) is 3.03. The minimum atomic E-state index is 0.197. The summed E-state index contributed by atoms with van der Waals surface area (Å²) in [6.45, 7) is 6.60. The molecule has 0 bridgehead atoms. The predicted octanol–water partition coefficient (Wildman–Crippen LogP) is 2.51. The van der Waals surface area contributed by atoms with Crippen LogP contribution in [0.3, 0.4) is 0 Å². The fourth-order valence-electron chi connectivity index (χ4n) is 2.31. The van der Waals surface area contributed by atoms with Gasteiger partial charge in [0.25, 0.3) is 0 Å². The molecular formula is C17H24N4O2. The molecule has 2 aromatic rings. The van der Waals surface area contributed by atoms with Gasteiger partial charge in [0, 0.05) is 26.1 Å². The highest BCUT2D eigenvalue weighted by Gasteiger charge is 2.09. The van der Waals surface area contributed by atoms with E-state index in [2.05, 4.69) is 10.3 Å². The lowest BCUT2D eigenvalue weighted by molar-refractivity contribution is -0.130. The van der Waals surface area contributed by atoms with Gasteiger partial charge in [0.2, 0.25) is 5.91 Å². The van der Waals surface area contributed by atoms with E-state index in [0.717, 1.165) is 31.0 Å². The summed E-state index contributed by atoms with van der Waals surface area (Å²) in [4.78, 5) is 13.8. The average molecular weight is 316 g/mol. The minimum Gasteiger partial charge on any atom is -0.487 e. The Morgan fingerprint density at radius 3 is 2.65 bits per heavy atom. The van der Waals surface area contributed by atoms with Crippen LogP contribution in [0.2, 0.25) is 0 Å². The van der Waals surface area contributed by atoms with E-state index in [1.54, 1.807) is 4.68 Å². The van der Waals surface area contributed by atoms with Crippen molar-refractivity contribution in [2.75, 3.05) is 13.1 Å². The second kappa shape index (κ2) is 8.92. The molecule has 0 saturated heterocycles. The van der Waals surface area contributed by atoms with Gasteiger partial charge in [0.05, 0.1) is 6.20 Å². The molecule has 0 fully saturated rings. The van der Waals surface area contributed by atoms with E-state index >= 15 is 0 Å². The van der Waals surface area contributed by atoms with Crippen LogP contribution in [0.25, 0.3) is 0 Å². The Morgan fingerprint density at radius 2 is 1.96 bits per heavy atom. The Kier molecular flexibility index (Phi) is 6.59. The van der Waals surface area contributed by atoms with Crippen LogP contribution in [0.1, 0.15) is 32.4 Å². The number of rotatable bonds is 9. The molecule has 1 heterocycles. The quantitative estimate of drug-likeness (QED) is 0.713. The summed E-state index contributed by atoms with van der Waals surface area (Å²) in [5.41, 5.74) is 0.781. The van der Waals surface area contributed by atoms with Crippen molar-refractivity contribution >= 4 is 5.91 Å². The Labute approximate surface area is 137 Å². The fraction of sp³-hybridized carbons (Fsp3) is 0.471. The molecule has 6 nitrogen and oxygen atoms in total. The zero-order chi connectivity index (χ0) is 16.5. The van der Waals surface area contributed by atoms with E-state index in [9.17, 15) is 4.79 Å². The molecule has 1 amide bonds. The summed E-state index contributed by atoms with van der Waals surface area (Å²) in [5.74, 6) is 1.01. The summed E-state index contributed by atoms with van der Waals surface area (Å²) in [7, 11) is 0. The van der Waals surface area contributed by atoms with Gasteiger partial charge in [-0.2, -0.15) is 0 Å². The van der Waals surface area contributed by atoms with Crippen LogP contribution in [0.5, 0.6) is 5.75 Å². The van der Waals surface area contributed by atoms with Crippen LogP contribution in [0.4, 0.5) is 0 Å². The van der Waals surface area contributed by atoms with Crippen molar-refractivity contribution in [1.29, 1.82) is 0 Å². The Morgan fingerprint density at radius 1 is 1.22 bits per heavy atom. The molecule has 23 heavy (non-hydrogen) atoms. The van der Waals surface area contributed by atoms with E-state index in [1.807, 2.05) is 55.3 Å². The Balaban J connectivity index is 1.73. The topological polar surface area (TPSA) is 60.2 Å². The van der Waals surface area contributed by atoms with Crippen molar-refractivity contribution < 1.29 is 9.53 Å². The summed E-state index contributed by atoms with van der Waals surface area (Å²) in [6, 6.07) is 9.62. The first-order valence-electron chi connectivity index (χ1n) is 8.07. The maximum absolute atomic E-state index is 11.9. The molecule has 0 spiro atoms. The molecule has 0 N–H and O–H groups in total. The summed E-state index contributed by atoms with van der Waals surface area (Å²) in [5, 5.41) is 8.16. The number of ether oxygens (including phenoxy) is 1. The van der Waals surface area contributed by atoms with Crippen LogP contribution in [0.15, 0.2) is 36.5 Å². The van der Waals surface area contributed by atoms with E-state index in [-0.39, 0.29) is 5.91 Å². The number of carbonyl (C=O) groups is 1. The first-order valence-corrected chi connectivity index (χ1v) is 8.07. The predicted molar refractivity (Wildman–Crippen MR) is 88.0 cm³/mol. The summed E-state index contributed by atoms with van der Waals surface area (Å²) in [6.07, 6.45) is 3.17. The maximum atomic E-state index is 11.9. The smallest absolute Gasteiger partial charge is 0.222 e. The molecule has 0 aliphatic rings. The third-order valence-electron chi connectivity index (χ3n) is 3.61. The molecule has 0 aliphatic carbocycles. The van der Waals surface area contributed by atoms with E-state index in [1.165, 1.54) is 0 Å². The number of amides is 1. The second-order valence-electron chi connectivity index (χ2n) is 5.24. The summed E-state index contributed by atoms with van der Waals surface area (Å²) >= 11 is 0. The van der Waals surface area contributed by atoms with Crippen molar-refractivity contribution in [3.63, 3.8) is 0 Å². The lowest BCUT2D eigenvalue weighted by atomic mass is 10.2. The minimum absolute atomic E-state index is 0.197. The van der Waals surface area contributed by atoms with Gasteiger partial charge in [0.1, 0.15) is 18.1 Å². The van der Waals surface area contributed by atoms with Crippen molar-refractivity contribution in [2.24, 2.45) is 0 Å². The molecule has 1 aromatic heterocycles. The third kappa shape index (κ3) is 5.39. The number of hydrogen-bond donors (Lipinski definition) is 0. The highest BCUT2D eigenvalue weighted by Crippen LogP contribution is 2.10. The number of benzene rings is 1. The van der Waals surface area contributed by atoms with Crippen molar-refractivity contribution in [2.45, 2.75) is 39.8 Å². The molecular weight excluding hydrogens is 292 g/mol. The van der Waals surface area contributed by atoms with Crippen molar-refractivity contribution in [3.05, 3.63) is 42.2 Å². The number of hydrogen-bond acceptors (Lipinski definition) is 4. The number of nitrogens with zero attached hydrogens (tertiary/aromatic N) is 4. The highest BCUT2D eigenvalue weighted by atomic mass is 16.5. The molecule has 0 saturated carbocycles. The van der Waals surface area contributed by atoms with Crippen molar-refractivity contribution in [1.82, 2.24) is 19.9 Å². The third-order valence-corrected chi connectivity index (χ3v) is 3.61. The van der Waals surface area contributed by atoms with Gasteiger partial charge < -0.3 is 9.64 Å². The SMILES string of the molecule is CCN(CC)C(=O)CCCn1cc(COc2ccccc2)nn1. The Hall–Kier alpha value is -2.37. The number of aryl methyl sites for hydroxylation is 1. The van der Waals surface area contributed by atoms with Gasteiger partial charge in [-0.15, -0.1) is 5.10 Å². The van der Waals surface area contributed by atoms with E-state index < -0.39 is 0 Å². The molecule has 1 aromatic carbocycles. The monoisotopic (exact) mass is 316 g/mol.